The van der Waals surface area contributed by atoms with Gasteiger partial charge in [-0.2, -0.15) is 0 Å². The third kappa shape index (κ3) is 2.71. The van der Waals surface area contributed by atoms with Gasteiger partial charge in [-0.05, 0) is 56.2 Å². The van der Waals surface area contributed by atoms with Gasteiger partial charge in [0.05, 0.1) is 5.69 Å². The molecule has 1 heterocycles. The Hall–Kier alpha value is -2.33. The lowest BCUT2D eigenvalue weighted by atomic mass is 9.90. The van der Waals surface area contributed by atoms with E-state index in [1.54, 1.807) is 29.2 Å². The molecule has 25 heavy (non-hydrogen) atoms. The summed E-state index contributed by atoms with van der Waals surface area (Å²) in [5, 5.41) is 0.565. The highest BCUT2D eigenvalue weighted by atomic mass is 35.5. The Labute approximate surface area is 153 Å². The summed E-state index contributed by atoms with van der Waals surface area (Å²) < 4.78 is 0. The van der Waals surface area contributed by atoms with Crippen molar-refractivity contribution in [3.05, 3.63) is 59.1 Å². The lowest BCUT2D eigenvalue weighted by molar-refractivity contribution is -0.121. The van der Waals surface area contributed by atoms with Crippen LogP contribution in [0.2, 0.25) is 5.02 Å². The molecule has 0 atom stereocenters. The van der Waals surface area contributed by atoms with Gasteiger partial charge in [-0.15, -0.1) is 0 Å². The maximum Gasteiger partial charge on any atom is 0.336 e. The molecule has 0 bridgehead atoms. The third-order valence-electron chi connectivity index (χ3n) is 4.96. The monoisotopic (exact) mass is 356 g/mol. The fourth-order valence-electron chi connectivity index (χ4n) is 3.41. The molecule has 0 saturated carbocycles. The standard InChI is InChI=1S/C20H21ClN2O2/c1-4-20(5-2)18(24)22(16-12-8-15(21)9-13-16)19(25)23(20)17-10-6-14(3)7-11-17/h6-13H,4-5H2,1-3H3. The minimum absolute atomic E-state index is 0.189. The normalized spacial score (nSPS) is 16.6. The van der Waals surface area contributed by atoms with E-state index in [9.17, 15) is 9.59 Å². The molecular weight excluding hydrogens is 336 g/mol. The zero-order valence-electron chi connectivity index (χ0n) is 14.6. The number of anilines is 2. The van der Waals surface area contributed by atoms with E-state index in [4.69, 9.17) is 11.6 Å². The number of aryl methyl sites for hydroxylation is 1. The largest absolute Gasteiger partial charge is 0.336 e. The van der Waals surface area contributed by atoms with E-state index in [1.165, 1.54) is 4.90 Å². The molecule has 1 saturated heterocycles. The van der Waals surface area contributed by atoms with Crippen LogP contribution in [0.3, 0.4) is 0 Å². The van der Waals surface area contributed by atoms with Crippen molar-refractivity contribution in [2.75, 3.05) is 9.80 Å². The van der Waals surface area contributed by atoms with Crippen molar-refractivity contribution in [2.45, 2.75) is 39.2 Å². The smallest absolute Gasteiger partial charge is 0.278 e. The quantitative estimate of drug-likeness (QED) is 0.708. The van der Waals surface area contributed by atoms with Crippen LogP contribution in [0.1, 0.15) is 32.3 Å². The molecule has 3 rings (SSSR count). The van der Waals surface area contributed by atoms with Crippen LogP contribution in [0, 0.1) is 6.92 Å². The summed E-state index contributed by atoms with van der Waals surface area (Å²) in [7, 11) is 0. The fraction of sp³-hybridized carbons (Fsp3) is 0.300. The Morgan fingerprint density at radius 2 is 1.40 bits per heavy atom. The van der Waals surface area contributed by atoms with Crippen LogP contribution < -0.4 is 9.80 Å². The molecule has 1 aliphatic rings. The molecule has 0 aromatic heterocycles. The number of hydrogen-bond donors (Lipinski definition) is 0. The highest BCUT2D eigenvalue weighted by Gasteiger charge is 2.56. The van der Waals surface area contributed by atoms with E-state index in [0.29, 0.717) is 23.6 Å². The Kier molecular flexibility index (Phi) is 4.56. The van der Waals surface area contributed by atoms with Crippen molar-refractivity contribution in [3.8, 4) is 0 Å². The zero-order valence-corrected chi connectivity index (χ0v) is 15.4. The molecule has 0 unspecified atom stereocenters. The van der Waals surface area contributed by atoms with Crippen molar-refractivity contribution >= 4 is 34.9 Å². The summed E-state index contributed by atoms with van der Waals surface area (Å²) in [6.07, 6.45) is 1.10. The van der Waals surface area contributed by atoms with Crippen LogP contribution in [0.5, 0.6) is 0 Å². The molecule has 3 amide bonds. The van der Waals surface area contributed by atoms with Crippen LogP contribution in [0.4, 0.5) is 16.2 Å². The number of carbonyl (C=O) groups excluding carboxylic acids is 2. The van der Waals surface area contributed by atoms with Crippen molar-refractivity contribution in [3.63, 3.8) is 0 Å². The second kappa shape index (κ2) is 6.52. The maximum atomic E-state index is 13.3. The number of halogens is 1. The molecule has 0 spiro atoms. The number of nitrogens with zero attached hydrogens (tertiary/aromatic N) is 2. The summed E-state index contributed by atoms with van der Waals surface area (Å²) >= 11 is 5.94. The van der Waals surface area contributed by atoms with Crippen LogP contribution >= 0.6 is 11.6 Å². The van der Waals surface area contributed by atoms with Crippen LogP contribution in [0.25, 0.3) is 0 Å². The number of amides is 3. The predicted molar refractivity (Wildman–Crippen MR) is 101 cm³/mol. The summed E-state index contributed by atoms with van der Waals surface area (Å²) in [4.78, 5) is 29.4. The highest BCUT2D eigenvalue weighted by molar-refractivity contribution is 6.32. The molecule has 0 aliphatic carbocycles. The first-order chi connectivity index (χ1) is 11.9. The van der Waals surface area contributed by atoms with E-state index in [0.717, 1.165) is 11.3 Å². The highest BCUT2D eigenvalue weighted by Crippen LogP contribution is 2.40. The molecule has 2 aromatic carbocycles. The van der Waals surface area contributed by atoms with E-state index in [2.05, 4.69) is 0 Å². The molecule has 1 aliphatic heterocycles. The van der Waals surface area contributed by atoms with Crippen LogP contribution in [-0.2, 0) is 4.79 Å². The number of carbonyl (C=O) groups is 2. The van der Waals surface area contributed by atoms with Gasteiger partial charge in [-0.1, -0.05) is 43.1 Å². The number of hydrogen-bond acceptors (Lipinski definition) is 2. The Morgan fingerprint density at radius 1 is 0.880 bits per heavy atom. The molecule has 4 nitrogen and oxygen atoms in total. The van der Waals surface area contributed by atoms with Gasteiger partial charge in [-0.3, -0.25) is 9.69 Å². The molecule has 5 heteroatoms. The topological polar surface area (TPSA) is 40.6 Å². The minimum Gasteiger partial charge on any atom is -0.278 e. The van der Waals surface area contributed by atoms with Crippen molar-refractivity contribution in [2.24, 2.45) is 0 Å². The first-order valence-corrected chi connectivity index (χ1v) is 8.83. The molecule has 0 N–H and O–H groups in total. The van der Waals surface area contributed by atoms with Gasteiger partial charge < -0.3 is 0 Å². The number of imide groups is 1. The van der Waals surface area contributed by atoms with Gasteiger partial charge >= 0.3 is 6.03 Å². The summed E-state index contributed by atoms with van der Waals surface area (Å²) in [6.45, 7) is 5.89. The first kappa shape index (κ1) is 17.5. The van der Waals surface area contributed by atoms with Gasteiger partial charge in [-0.25, -0.2) is 9.69 Å². The Morgan fingerprint density at radius 3 is 1.92 bits per heavy atom. The van der Waals surface area contributed by atoms with Gasteiger partial charge in [0.2, 0.25) is 0 Å². The number of urea groups is 1. The van der Waals surface area contributed by atoms with Crippen LogP contribution in [0.15, 0.2) is 48.5 Å². The lowest BCUT2D eigenvalue weighted by Crippen LogP contribution is -2.49. The molecule has 0 radical (unpaired) electrons. The predicted octanol–water partition coefficient (Wildman–Crippen LogP) is 5.18. The zero-order chi connectivity index (χ0) is 18.2. The van der Waals surface area contributed by atoms with Crippen LogP contribution in [-0.4, -0.2) is 17.5 Å². The van der Waals surface area contributed by atoms with Crippen molar-refractivity contribution in [1.82, 2.24) is 0 Å². The summed E-state index contributed by atoms with van der Waals surface area (Å²) in [5.74, 6) is -0.189. The molecule has 130 valence electrons. The van der Waals surface area contributed by atoms with Crippen molar-refractivity contribution < 1.29 is 9.59 Å². The average Bonchev–Trinajstić information content (AvgIpc) is 2.84. The van der Waals surface area contributed by atoms with Gasteiger partial charge in [0.15, 0.2) is 0 Å². The van der Waals surface area contributed by atoms with E-state index < -0.39 is 5.54 Å². The van der Waals surface area contributed by atoms with Crippen molar-refractivity contribution in [1.29, 1.82) is 0 Å². The molecular formula is C20H21ClN2O2. The lowest BCUT2D eigenvalue weighted by Gasteiger charge is -2.33. The first-order valence-electron chi connectivity index (χ1n) is 8.45. The molecule has 2 aromatic rings. The van der Waals surface area contributed by atoms with E-state index >= 15 is 0 Å². The fourth-order valence-corrected chi connectivity index (χ4v) is 3.54. The molecule has 1 fully saturated rings. The maximum absolute atomic E-state index is 13.3. The SMILES string of the molecule is CCC1(CC)C(=O)N(c2ccc(Cl)cc2)C(=O)N1c1ccc(C)cc1. The van der Waals surface area contributed by atoms with E-state index in [1.807, 2.05) is 45.0 Å². The number of rotatable bonds is 4. The summed E-state index contributed by atoms with van der Waals surface area (Å²) in [5.41, 5.74) is 1.52. The Bertz CT molecular complexity index is 795. The third-order valence-corrected chi connectivity index (χ3v) is 5.21. The Balaban J connectivity index is 2.13. The summed E-state index contributed by atoms with van der Waals surface area (Å²) in [6, 6.07) is 14.1. The van der Waals surface area contributed by atoms with Gasteiger partial charge in [0, 0.05) is 10.7 Å². The van der Waals surface area contributed by atoms with E-state index in [-0.39, 0.29) is 11.9 Å². The van der Waals surface area contributed by atoms with Gasteiger partial charge in [0.1, 0.15) is 5.54 Å². The minimum atomic E-state index is -0.869. The second-order valence-corrected chi connectivity index (χ2v) is 6.75. The number of benzene rings is 2. The second-order valence-electron chi connectivity index (χ2n) is 6.31. The van der Waals surface area contributed by atoms with Gasteiger partial charge in [0.25, 0.3) is 5.91 Å². The average molecular weight is 357 g/mol.